The molecule has 36 heavy (non-hydrogen) atoms. The lowest BCUT2D eigenvalue weighted by Gasteiger charge is -2.31. The quantitative estimate of drug-likeness (QED) is 0.362. The molecule has 3 aromatic carbocycles. The van der Waals surface area contributed by atoms with Crippen LogP contribution in [0.2, 0.25) is 0 Å². The van der Waals surface area contributed by atoms with Gasteiger partial charge >= 0.3 is 0 Å². The molecule has 5 atom stereocenters. The summed E-state index contributed by atoms with van der Waals surface area (Å²) < 4.78 is 6.56. The molecule has 182 valence electrons. The van der Waals surface area contributed by atoms with Crippen LogP contribution in [-0.4, -0.2) is 28.1 Å². The number of anilines is 1. The number of carbonyl (C=O) groups is 2. The Morgan fingerprint density at radius 3 is 2.44 bits per heavy atom. The molecule has 6 nitrogen and oxygen atoms in total. The van der Waals surface area contributed by atoms with Gasteiger partial charge in [-0.25, -0.2) is 9.74 Å². The number of aliphatic hydroxyl groups is 1. The Kier molecular flexibility index (Phi) is 5.26. The van der Waals surface area contributed by atoms with Crippen LogP contribution in [0.3, 0.4) is 0 Å². The van der Waals surface area contributed by atoms with Crippen LogP contribution in [0.15, 0.2) is 66.7 Å². The van der Waals surface area contributed by atoms with Gasteiger partial charge in [0.2, 0.25) is 11.8 Å². The third-order valence-electron chi connectivity index (χ3n) is 8.51. The number of imide groups is 1. The SMILES string of the molecule is [C-]#[N+]c1ccc(N2C(=O)[C@@H]3[C@H](C2=O)C2(C)CCC3(CCCC(O)c3ccccc3)O2)c2ccccc12. The number of carbonyl (C=O) groups excluding carboxylic acids is 2. The van der Waals surface area contributed by atoms with Crippen LogP contribution < -0.4 is 4.90 Å². The highest BCUT2D eigenvalue weighted by Gasteiger charge is 2.73. The molecule has 3 aromatic rings. The first-order chi connectivity index (χ1) is 17.4. The molecule has 0 aromatic heterocycles. The number of hydrogen-bond donors (Lipinski definition) is 1. The van der Waals surface area contributed by atoms with Crippen molar-refractivity contribution in [2.45, 2.75) is 56.3 Å². The van der Waals surface area contributed by atoms with Crippen molar-refractivity contribution in [3.63, 3.8) is 0 Å². The van der Waals surface area contributed by atoms with Crippen molar-refractivity contribution in [2.75, 3.05) is 4.90 Å². The summed E-state index contributed by atoms with van der Waals surface area (Å²) in [6, 6.07) is 20.4. The first-order valence-corrected chi connectivity index (χ1v) is 12.6. The van der Waals surface area contributed by atoms with Crippen molar-refractivity contribution in [2.24, 2.45) is 11.8 Å². The van der Waals surface area contributed by atoms with Crippen LogP contribution in [0.4, 0.5) is 11.4 Å². The van der Waals surface area contributed by atoms with E-state index >= 15 is 0 Å². The summed E-state index contributed by atoms with van der Waals surface area (Å²) in [4.78, 5) is 32.8. The fourth-order valence-corrected chi connectivity index (χ4v) is 6.84. The first kappa shape index (κ1) is 22.9. The largest absolute Gasteiger partial charge is 0.388 e. The molecular formula is C30H28N2O4. The summed E-state index contributed by atoms with van der Waals surface area (Å²) in [5, 5.41) is 12.1. The fraction of sp³-hybridized carbons (Fsp3) is 0.367. The average Bonchev–Trinajstić information content (AvgIpc) is 3.48. The maximum atomic E-state index is 14.0. The summed E-state index contributed by atoms with van der Waals surface area (Å²) in [6.45, 7) is 9.46. The molecule has 1 N–H and O–H groups in total. The second-order valence-corrected chi connectivity index (χ2v) is 10.5. The second-order valence-electron chi connectivity index (χ2n) is 10.5. The minimum atomic E-state index is -0.691. The summed E-state index contributed by atoms with van der Waals surface area (Å²) in [7, 11) is 0. The lowest BCUT2D eigenvalue weighted by molar-refractivity contribution is -0.130. The summed E-state index contributed by atoms with van der Waals surface area (Å²) >= 11 is 0. The molecule has 3 fully saturated rings. The minimum absolute atomic E-state index is 0.209. The molecule has 0 saturated carbocycles. The zero-order chi connectivity index (χ0) is 25.1. The van der Waals surface area contributed by atoms with Crippen LogP contribution >= 0.6 is 0 Å². The molecule has 3 aliphatic heterocycles. The number of ether oxygens (including phenoxy) is 1. The number of hydrogen-bond acceptors (Lipinski definition) is 4. The Morgan fingerprint density at radius 2 is 1.69 bits per heavy atom. The van der Waals surface area contributed by atoms with Crippen LogP contribution in [-0.2, 0) is 14.3 Å². The zero-order valence-corrected chi connectivity index (χ0v) is 20.2. The number of amides is 2. The Morgan fingerprint density at radius 1 is 1.00 bits per heavy atom. The summed E-state index contributed by atoms with van der Waals surface area (Å²) in [5.74, 6) is -1.47. The average molecular weight is 481 g/mol. The third kappa shape index (κ3) is 3.23. The fourth-order valence-electron chi connectivity index (χ4n) is 6.84. The Balaban J connectivity index is 1.30. The van der Waals surface area contributed by atoms with E-state index in [4.69, 9.17) is 11.3 Å². The van der Waals surface area contributed by atoms with Crippen molar-refractivity contribution in [3.05, 3.63) is 83.7 Å². The number of benzene rings is 3. The molecule has 3 heterocycles. The van der Waals surface area contributed by atoms with E-state index in [1.807, 2.05) is 61.5 Å². The number of aliphatic hydroxyl groups excluding tert-OH is 1. The smallest absolute Gasteiger partial charge is 0.240 e. The molecule has 6 rings (SSSR count). The van der Waals surface area contributed by atoms with E-state index in [1.54, 1.807) is 12.1 Å². The van der Waals surface area contributed by atoms with Gasteiger partial charge in [-0.2, -0.15) is 0 Å². The van der Waals surface area contributed by atoms with Crippen LogP contribution in [0, 0.1) is 18.4 Å². The highest BCUT2D eigenvalue weighted by atomic mass is 16.5. The Labute approximate surface area is 210 Å². The van der Waals surface area contributed by atoms with E-state index in [0.29, 0.717) is 30.6 Å². The number of fused-ring (bicyclic) bond motifs is 6. The predicted molar refractivity (Wildman–Crippen MR) is 136 cm³/mol. The molecule has 0 spiro atoms. The molecule has 2 amide bonds. The number of nitrogens with zero attached hydrogens (tertiary/aromatic N) is 2. The summed E-state index contributed by atoms with van der Waals surface area (Å²) in [6.07, 6.45) is 2.78. The monoisotopic (exact) mass is 480 g/mol. The minimum Gasteiger partial charge on any atom is -0.388 e. The molecule has 3 aliphatic rings. The zero-order valence-electron chi connectivity index (χ0n) is 20.2. The predicted octanol–water partition coefficient (Wildman–Crippen LogP) is 5.72. The van der Waals surface area contributed by atoms with Gasteiger partial charge in [0.05, 0.1) is 41.4 Å². The normalized spacial score (nSPS) is 29.5. The Bertz CT molecular complexity index is 1410. The van der Waals surface area contributed by atoms with Gasteiger partial charge in [0, 0.05) is 0 Å². The van der Waals surface area contributed by atoms with Gasteiger partial charge in [-0.1, -0.05) is 60.7 Å². The first-order valence-electron chi connectivity index (χ1n) is 12.6. The highest BCUT2D eigenvalue weighted by Crippen LogP contribution is 2.63. The van der Waals surface area contributed by atoms with E-state index in [9.17, 15) is 14.7 Å². The van der Waals surface area contributed by atoms with E-state index in [-0.39, 0.29) is 11.8 Å². The maximum absolute atomic E-state index is 14.0. The van der Waals surface area contributed by atoms with Gasteiger partial charge < -0.3 is 9.84 Å². The van der Waals surface area contributed by atoms with E-state index in [1.165, 1.54) is 4.90 Å². The van der Waals surface area contributed by atoms with Crippen molar-refractivity contribution in [1.82, 2.24) is 0 Å². The van der Waals surface area contributed by atoms with Crippen molar-refractivity contribution in [3.8, 4) is 0 Å². The topological polar surface area (TPSA) is 71.2 Å². The Hall–Kier alpha value is -3.53. The van der Waals surface area contributed by atoms with E-state index in [0.717, 1.165) is 29.2 Å². The number of rotatable bonds is 6. The second kappa shape index (κ2) is 8.26. The lowest BCUT2D eigenvalue weighted by atomic mass is 9.67. The molecule has 6 heteroatoms. The molecule has 2 bridgehead atoms. The van der Waals surface area contributed by atoms with Gasteiger partial charge in [0.1, 0.15) is 0 Å². The maximum Gasteiger partial charge on any atom is 0.240 e. The van der Waals surface area contributed by atoms with Crippen LogP contribution in [0.25, 0.3) is 15.6 Å². The van der Waals surface area contributed by atoms with Crippen LogP contribution in [0.1, 0.15) is 50.7 Å². The van der Waals surface area contributed by atoms with Gasteiger partial charge in [0.15, 0.2) is 5.69 Å². The van der Waals surface area contributed by atoms with E-state index in [2.05, 4.69) is 4.85 Å². The van der Waals surface area contributed by atoms with Crippen molar-refractivity contribution >= 4 is 34.0 Å². The van der Waals surface area contributed by atoms with Crippen molar-refractivity contribution < 1.29 is 19.4 Å². The third-order valence-corrected chi connectivity index (χ3v) is 8.51. The molecular weight excluding hydrogens is 452 g/mol. The standard InChI is InChI=1S/C30H28N2O4/c1-29-17-18-30(36-29,16-8-13-24(33)19-9-4-3-5-10-19)26-25(29)27(34)32(28(26)35)23-15-14-22(31-2)20-11-6-7-12-21(20)23/h3-7,9-12,14-15,24-26,33H,8,13,16-18H2,1H3/t24?,25-,26+,29?,30?/m1/s1. The summed E-state index contributed by atoms with van der Waals surface area (Å²) in [5.41, 5.74) is 0.557. The van der Waals surface area contributed by atoms with Gasteiger partial charge in [-0.05, 0) is 61.4 Å². The molecule has 3 saturated heterocycles. The van der Waals surface area contributed by atoms with Gasteiger partial charge in [-0.15, -0.1) is 0 Å². The van der Waals surface area contributed by atoms with Gasteiger partial charge in [-0.3, -0.25) is 9.59 Å². The van der Waals surface area contributed by atoms with E-state index < -0.39 is 29.1 Å². The van der Waals surface area contributed by atoms with Crippen molar-refractivity contribution in [1.29, 1.82) is 0 Å². The molecule has 0 aliphatic carbocycles. The molecule has 0 radical (unpaired) electrons. The lowest BCUT2D eigenvalue weighted by Crippen LogP contribution is -2.42. The van der Waals surface area contributed by atoms with Gasteiger partial charge in [0.25, 0.3) is 0 Å². The highest BCUT2D eigenvalue weighted by molar-refractivity contribution is 6.26. The molecule has 3 unspecified atom stereocenters. The van der Waals surface area contributed by atoms with Crippen LogP contribution in [0.5, 0.6) is 0 Å².